The molecular weight excluding hydrogens is 440 g/mol. The molecule has 3 rings (SSSR count). The van der Waals surface area contributed by atoms with Crippen LogP contribution in [0.25, 0.3) is 0 Å². The Morgan fingerprint density at radius 1 is 0.839 bits per heavy atom. The molecule has 1 aliphatic heterocycles. The van der Waals surface area contributed by atoms with E-state index in [2.05, 4.69) is 4.72 Å². The van der Waals surface area contributed by atoms with E-state index in [0.29, 0.717) is 30.0 Å². The van der Waals surface area contributed by atoms with Crippen LogP contribution in [0.2, 0.25) is 0 Å². The highest BCUT2D eigenvalue weighted by Gasteiger charge is 2.28. The van der Waals surface area contributed by atoms with Crippen LogP contribution in [0.1, 0.15) is 30.4 Å². The van der Waals surface area contributed by atoms with Crippen LogP contribution in [0.5, 0.6) is 11.5 Å². The summed E-state index contributed by atoms with van der Waals surface area (Å²) in [5, 5.41) is 0. The lowest BCUT2D eigenvalue weighted by Crippen LogP contribution is -2.35. The Kier molecular flexibility index (Phi) is 6.82. The maximum atomic E-state index is 13.1. The van der Waals surface area contributed by atoms with Crippen LogP contribution >= 0.6 is 0 Å². The van der Waals surface area contributed by atoms with E-state index in [-0.39, 0.29) is 21.2 Å². The summed E-state index contributed by atoms with van der Waals surface area (Å²) in [6.45, 7) is 4.39. The molecule has 0 spiro atoms. The molecule has 10 heteroatoms. The molecule has 8 nitrogen and oxygen atoms in total. The summed E-state index contributed by atoms with van der Waals surface area (Å²) in [6.07, 6.45) is 2.62. The summed E-state index contributed by atoms with van der Waals surface area (Å²) in [6, 6.07) is 7.26. The second-order valence-corrected chi connectivity index (χ2v) is 11.0. The summed E-state index contributed by atoms with van der Waals surface area (Å²) in [7, 11) is -4.81. The third-order valence-electron chi connectivity index (χ3n) is 5.57. The van der Waals surface area contributed by atoms with Gasteiger partial charge in [0.15, 0.2) is 0 Å². The van der Waals surface area contributed by atoms with Crippen molar-refractivity contribution in [2.45, 2.75) is 42.9 Å². The summed E-state index contributed by atoms with van der Waals surface area (Å²) in [5.74, 6) is 0.813. The maximum absolute atomic E-state index is 13.1. The first-order valence-electron chi connectivity index (χ1n) is 9.97. The lowest BCUT2D eigenvalue weighted by Gasteiger charge is -2.26. The number of rotatable bonds is 7. The van der Waals surface area contributed by atoms with Crippen molar-refractivity contribution >= 4 is 25.7 Å². The molecule has 170 valence electrons. The fourth-order valence-corrected chi connectivity index (χ4v) is 6.57. The average molecular weight is 469 g/mol. The van der Waals surface area contributed by atoms with Crippen LogP contribution in [-0.2, 0) is 20.0 Å². The van der Waals surface area contributed by atoms with Gasteiger partial charge >= 0.3 is 0 Å². The third-order valence-corrected chi connectivity index (χ3v) is 8.97. The Hall–Kier alpha value is -2.30. The molecule has 1 N–H and O–H groups in total. The highest BCUT2D eigenvalue weighted by Crippen LogP contribution is 2.33. The van der Waals surface area contributed by atoms with E-state index in [0.717, 1.165) is 19.3 Å². The van der Waals surface area contributed by atoms with Crippen LogP contribution < -0.4 is 14.2 Å². The minimum absolute atomic E-state index is 0.0236. The zero-order valence-corrected chi connectivity index (χ0v) is 19.8. The molecule has 0 bridgehead atoms. The Morgan fingerprint density at radius 2 is 1.45 bits per heavy atom. The highest BCUT2D eigenvalue weighted by atomic mass is 32.2. The number of ether oxygens (including phenoxy) is 2. The summed E-state index contributed by atoms with van der Waals surface area (Å²) in [4.78, 5) is 0.104. The molecule has 2 aromatic rings. The van der Waals surface area contributed by atoms with Crippen molar-refractivity contribution in [1.82, 2.24) is 4.31 Å². The number of nitrogens with zero attached hydrogens (tertiary/aromatic N) is 1. The monoisotopic (exact) mass is 468 g/mol. The second kappa shape index (κ2) is 9.05. The Bertz CT molecular complexity index is 1170. The molecule has 0 atom stereocenters. The van der Waals surface area contributed by atoms with Crippen molar-refractivity contribution in [1.29, 1.82) is 0 Å². The first-order chi connectivity index (χ1) is 14.6. The van der Waals surface area contributed by atoms with Crippen molar-refractivity contribution in [2.75, 3.05) is 32.0 Å². The van der Waals surface area contributed by atoms with E-state index in [1.807, 2.05) is 0 Å². The van der Waals surface area contributed by atoms with Crippen molar-refractivity contribution in [2.24, 2.45) is 0 Å². The number of benzene rings is 2. The number of anilines is 1. The van der Waals surface area contributed by atoms with Gasteiger partial charge in [0.25, 0.3) is 10.0 Å². The number of hydrogen-bond acceptors (Lipinski definition) is 6. The van der Waals surface area contributed by atoms with E-state index < -0.39 is 20.0 Å². The SMILES string of the molecule is COc1ccc(S(=O)(=O)N2CCCCC2)cc1NS(=O)(=O)c1ccc(OC)c(C)c1C. The molecule has 0 saturated carbocycles. The topological polar surface area (TPSA) is 102 Å². The van der Waals surface area contributed by atoms with E-state index in [1.165, 1.54) is 42.8 Å². The van der Waals surface area contributed by atoms with Crippen LogP contribution in [0.15, 0.2) is 40.1 Å². The molecule has 2 aromatic carbocycles. The predicted octanol–water partition coefficient (Wildman–Crippen LogP) is 3.30. The van der Waals surface area contributed by atoms with Gasteiger partial charge in [-0.3, -0.25) is 4.72 Å². The molecule has 0 amide bonds. The normalized spacial score (nSPS) is 15.5. The van der Waals surface area contributed by atoms with Crippen LogP contribution in [0.4, 0.5) is 5.69 Å². The van der Waals surface area contributed by atoms with Gasteiger partial charge in [-0.1, -0.05) is 6.42 Å². The Balaban J connectivity index is 2.01. The van der Waals surface area contributed by atoms with Crippen LogP contribution in [0.3, 0.4) is 0 Å². The third kappa shape index (κ3) is 4.65. The number of piperidine rings is 1. The van der Waals surface area contributed by atoms with Gasteiger partial charge < -0.3 is 9.47 Å². The zero-order chi connectivity index (χ0) is 22.8. The van der Waals surface area contributed by atoms with Gasteiger partial charge in [0.2, 0.25) is 10.0 Å². The lowest BCUT2D eigenvalue weighted by molar-refractivity contribution is 0.346. The molecule has 0 unspecified atom stereocenters. The molecule has 1 aliphatic rings. The van der Waals surface area contributed by atoms with Gasteiger partial charge in [0, 0.05) is 13.1 Å². The minimum atomic E-state index is -4.01. The first-order valence-corrected chi connectivity index (χ1v) is 12.9. The smallest absolute Gasteiger partial charge is 0.262 e. The highest BCUT2D eigenvalue weighted by molar-refractivity contribution is 7.92. The first kappa shape index (κ1) is 23.4. The van der Waals surface area contributed by atoms with Gasteiger partial charge in [-0.25, -0.2) is 16.8 Å². The molecule has 31 heavy (non-hydrogen) atoms. The summed E-state index contributed by atoms with van der Waals surface area (Å²) in [5.41, 5.74) is 1.31. The van der Waals surface area contributed by atoms with Gasteiger partial charge in [-0.15, -0.1) is 0 Å². The number of hydrogen-bond donors (Lipinski definition) is 1. The van der Waals surface area contributed by atoms with Crippen LogP contribution in [0, 0.1) is 13.8 Å². The van der Waals surface area contributed by atoms with Crippen molar-refractivity contribution in [3.8, 4) is 11.5 Å². The van der Waals surface area contributed by atoms with E-state index in [1.54, 1.807) is 19.9 Å². The van der Waals surface area contributed by atoms with E-state index in [4.69, 9.17) is 9.47 Å². The Morgan fingerprint density at radius 3 is 2.06 bits per heavy atom. The molecule has 1 fully saturated rings. The number of sulfonamides is 2. The van der Waals surface area contributed by atoms with Gasteiger partial charge in [0.05, 0.1) is 29.7 Å². The molecule has 0 radical (unpaired) electrons. The van der Waals surface area contributed by atoms with Gasteiger partial charge in [-0.05, 0) is 68.1 Å². The molecule has 0 aliphatic carbocycles. The molecule has 1 heterocycles. The van der Waals surface area contributed by atoms with Crippen molar-refractivity contribution < 1.29 is 26.3 Å². The fourth-order valence-electron chi connectivity index (χ4n) is 3.66. The zero-order valence-electron chi connectivity index (χ0n) is 18.1. The van der Waals surface area contributed by atoms with E-state index >= 15 is 0 Å². The number of methoxy groups -OCH3 is 2. The van der Waals surface area contributed by atoms with Crippen LogP contribution in [-0.4, -0.2) is 48.4 Å². The second-order valence-electron chi connectivity index (χ2n) is 7.45. The van der Waals surface area contributed by atoms with E-state index in [9.17, 15) is 16.8 Å². The Labute approximate surface area is 184 Å². The molecular formula is C21H28N2O6S2. The standard InChI is InChI=1S/C21H28N2O6S2/c1-15-16(2)21(11-10-19(15)28-3)30(24,25)22-18-14-17(8-9-20(18)29-4)31(26,27)23-12-6-5-7-13-23/h8-11,14,22H,5-7,12-13H2,1-4H3. The lowest BCUT2D eigenvalue weighted by atomic mass is 10.1. The summed E-state index contributed by atoms with van der Waals surface area (Å²) < 4.78 is 66.8. The van der Waals surface area contributed by atoms with Crippen molar-refractivity contribution in [3.05, 3.63) is 41.5 Å². The quantitative estimate of drug-likeness (QED) is 0.669. The number of nitrogens with one attached hydrogen (secondary N) is 1. The van der Waals surface area contributed by atoms with Crippen molar-refractivity contribution in [3.63, 3.8) is 0 Å². The van der Waals surface area contributed by atoms with Gasteiger partial charge in [0.1, 0.15) is 11.5 Å². The average Bonchev–Trinajstić information content (AvgIpc) is 2.75. The molecule has 1 saturated heterocycles. The molecule has 0 aromatic heterocycles. The largest absolute Gasteiger partial charge is 0.496 e. The predicted molar refractivity (Wildman–Crippen MR) is 119 cm³/mol. The minimum Gasteiger partial charge on any atom is -0.496 e. The summed E-state index contributed by atoms with van der Waals surface area (Å²) >= 11 is 0. The van der Waals surface area contributed by atoms with Gasteiger partial charge in [-0.2, -0.15) is 4.31 Å². The fraction of sp³-hybridized carbons (Fsp3) is 0.429. The maximum Gasteiger partial charge on any atom is 0.262 e.